The molecule has 1 atom stereocenters. The predicted octanol–water partition coefficient (Wildman–Crippen LogP) is 2.74. The molecule has 1 unspecified atom stereocenters. The van der Waals surface area contributed by atoms with E-state index in [4.69, 9.17) is 0 Å². The topological polar surface area (TPSA) is 41.1 Å². The number of hydrogen-bond donors (Lipinski definition) is 2. The highest BCUT2D eigenvalue weighted by molar-refractivity contribution is 6.03. The number of para-hydroxylation sites is 1. The fraction of sp³-hybridized carbons (Fsp3) is 0.462. The third-order valence-electron chi connectivity index (χ3n) is 2.89. The molecule has 0 saturated carbocycles. The number of hydrogen-bond acceptors (Lipinski definition) is 2. The lowest BCUT2D eigenvalue weighted by molar-refractivity contribution is -0.116. The molecule has 0 spiro atoms. The van der Waals surface area contributed by atoms with Gasteiger partial charge in [0.25, 0.3) is 0 Å². The van der Waals surface area contributed by atoms with Crippen LogP contribution >= 0.6 is 0 Å². The summed E-state index contributed by atoms with van der Waals surface area (Å²) in [4.78, 5) is 11.7. The van der Waals surface area contributed by atoms with E-state index >= 15 is 0 Å². The molecule has 16 heavy (non-hydrogen) atoms. The Hall–Kier alpha value is -1.51. The highest BCUT2D eigenvalue weighted by atomic mass is 16.2. The Bertz CT molecular complexity index is 432. The van der Waals surface area contributed by atoms with Crippen molar-refractivity contribution < 1.29 is 4.79 Å². The van der Waals surface area contributed by atoms with E-state index in [1.807, 2.05) is 19.1 Å². The fourth-order valence-corrected chi connectivity index (χ4v) is 1.96. The number of anilines is 2. The van der Waals surface area contributed by atoms with Crippen LogP contribution in [0.2, 0.25) is 0 Å². The molecule has 86 valence electrons. The average molecular weight is 218 g/mol. The van der Waals surface area contributed by atoms with E-state index in [-0.39, 0.29) is 17.4 Å². The largest absolute Gasteiger partial charge is 0.372 e. The smallest absolute Gasteiger partial charge is 0.246 e. The van der Waals surface area contributed by atoms with Crippen molar-refractivity contribution in [3.05, 3.63) is 23.8 Å². The second-order valence-electron chi connectivity index (χ2n) is 5.33. The first-order valence-electron chi connectivity index (χ1n) is 5.60. The molecule has 0 aliphatic carbocycles. The van der Waals surface area contributed by atoms with Crippen LogP contribution in [0.3, 0.4) is 0 Å². The molecule has 0 fully saturated rings. The maximum absolute atomic E-state index is 11.7. The van der Waals surface area contributed by atoms with E-state index in [1.54, 1.807) is 0 Å². The summed E-state index contributed by atoms with van der Waals surface area (Å²) in [6, 6.07) is 5.93. The Morgan fingerprint density at radius 3 is 2.56 bits per heavy atom. The van der Waals surface area contributed by atoms with Crippen molar-refractivity contribution in [1.82, 2.24) is 0 Å². The standard InChI is InChI=1S/C13H18N2O/c1-8-12(16)15-11-9(13(2,3)4)6-5-7-10(11)14-8/h5-8,14H,1-4H3,(H,15,16). The number of rotatable bonds is 0. The second-order valence-corrected chi connectivity index (χ2v) is 5.33. The molecule has 1 aromatic rings. The third kappa shape index (κ3) is 1.77. The van der Waals surface area contributed by atoms with Crippen LogP contribution in [0.25, 0.3) is 0 Å². The minimum absolute atomic E-state index is 0.0287. The zero-order valence-corrected chi connectivity index (χ0v) is 10.2. The van der Waals surface area contributed by atoms with Crippen molar-refractivity contribution in [3.8, 4) is 0 Å². The Morgan fingerprint density at radius 1 is 1.25 bits per heavy atom. The molecule has 0 saturated heterocycles. The van der Waals surface area contributed by atoms with Crippen molar-refractivity contribution in [1.29, 1.82) is 0 Å². The molecule has 3 nitrogen and oxygen atoms in total. The summed E-state index contributed by atoms with van der Waals surface area (Å²) in [6.45, 7) is 8.30. The first kappa shape index (κ1) is 11.0. The van der Waals surface area contributed by atoms with Gasteiger partial charge in [-0.25, -0.2) is 0 Å². The summed E-state index contributed by atoms with van der Waals surface area (Å²) in [6.07, 6.45) is 0. The van der Waals surface area contributed by atoms with Crippen LogP contribution in [0, 0.1) is 0 Å². The summed E-state index contributed by atoms with van der Waals surface area (Å²) in [5.41, 5.74) is 3.14. The number of carbonyl (C=O) groups excluding carboxylic acids is 1. The second kappa shape index (κ2) is 3.51. The van der Waals surface area contributed by atoms with Crippen molar-refractivity contribution >= 4 is 17.3 Å². The van der Waals surface area contributed by atoms with Gasteiger partial charge in [-0.3, -0.25) is 4.79 Å². The number of amides is 1. The molecule has 1 aliphatic rings. The maximum atomic E-state index is 11.7. The van der Waals surface area contributed by atoms with Crippen molar-refractivity contribution in [3.63, 3.8) is 0 Å². The van der Waals surface area contributed by atoms with E-state index in [2.05, 4.69) is 37.5 Å². The minimum atomic E-state index is -0.164. The van der Waals surface area contributed by atoms with E-state index in [9.17, 15) is 4.79 Å². The summed E-state index contributed by atoms with van der Waals surface area (Å²) in [5.74, 6) is 0.0317. The monoisotopic (exact) mass is 218 g/mol. The van der Waals surface area contributed by atoms with Crippen LogP contribution in [0.5, 0.6) is 0 Å². The molecule has 3 heteroatoms. The first-order valence-corrected chi connectivity index (χ1v) is 5.60. The first-order chi connectivity index (χ1) is 7.39. The van der Waals surface area contributed by atoms with Gasteiger partial charge in [-0.15, -0.1) is 0 Å². The summed E-state index contributed by atoms with van der Waals surface area (Å²) in [5, 5.41) is 6.19. The fourth-order valence-electron chi connectivity index (χ4n) is 1.96. The summed E-state index contributed by atoms with van der Waals surface area (Å²) in [7, 11) is 0. The van der Waals surface area contributed by atoms with Gasteiger partial charge in [-0.2, -0.15) is 0 Å². The molecule has 2 rings (SSSR count). The van der Waals surface area contributed by atoms with E-state index in [1.165, 1.54) is 0 Å². The van der Waals surface area contributed by atoms with Gasteiger partial charge < -0.3 is 10.6 Å². The van der Waals surface area contributed by atoms with Crippen LogP contribution in [-0.4, -0.2) is 11.9 Å². The quantitative estimate of drug-likeness (QED) is 0.703. The number of fused-ring (bicyclic) bond motifs is 1. The van der Waals surface area contributed by atoms with Crippen molar-refractivity contribution in [2.75, 3.05) is 10.6 Å². The molecule has 1 heterocycles. The molecule has 0 bridgehead atoms. The Balaban J connectivity index is 2.53. The van der Waals surface area contributed by atoms with Gasteiger partial charge >= 0.3 is 0 Å². The zero-order chi connectivity index (χ0) is 11.9. The summed E-state index contributed by atoms with van der Waals surface area (Å²) < 4.78 is 0. The van der Waals surface area contributed by atoms with Crippen molar-refractivity contribution in [2.24, 2.45) is 0 Å². The van der Waals surface area contributed by atoms with Gasteiger partial charge in [-0.1, -0.05) is 32.9 Å². The molecule has 1 aliphatic heterocycles. The van der Waals surface area contributed by atoms with Gasteiger partial charge in [0.2, 0.25) is 5.91 Å². The SMILES string of the molecule is CC1Nc2cccc(C(C)(C)C)c2NC1=O. The maximum Gasteiger partial charge on any atom is 0.246 e. The highest BCUT2D eigenvalue weighted by Gasteiger charge is 2.27. The normalized spacial score (nSPS) is 19.8. The lowest BCUT2D eigenvalue weighted by Gasteiger charge is -2.30. The molecule has 1 aromatic carbocycles. The number of carbonyl (C=O) groups is 1. The van der Waals surface area contributed by atoms with Gasteiger partial charge in [0.15, 0.2) is 0 Å². The average Bonchev–Trinajstić information content (AvgIpc) is 2.17. The Morgan fingerprint density at radius 2 is 1.94 bits per heavy atom. The van der Waals surface area contributed by atoms with Crippen molar-refractivity contribution in [2.45, 2.75) is 39.2 Å². The summed E-state index contributed by atoms with van der Waals surface area (Å²) >= 11 is 0. The predicted molar refractivity (Wildman–Crippen MR) is 66.9 cm³/mol. The highest BCUT2D eigenvalue weighted by Crippen LogP contribution is 2.37. The molecule has 1 amide bonds. The van der Waals surface area contributed by atoms with Crippen LogP contribution in [0.4, 0.5) is 11.4 Å². The third-order valence-corrected chi connectivity index (χ3v) is 2.89. The van der Waals surface area contributed by atoms with Gasteiger partial charge in [0.05, 0.1) is 11.4 Å². The molecular formula is C13H18N2O. The van der Waals surface area contributed by atoms with Crippen LogP contribution in [0.1, 0.15) is 33.3 Å². The number of nitrogens with one attached hydrogen (secondary N) is 2. The Labute approximate surface area is 96.2 Å². The lowest BCUT2D eigenvalue weighted by atomic mass is 9.85. The molecule has 0 radical (unpaired) electrons. The van der Waals surface area contributed by atoms with E-state index in [0.717, 1.165) is 16.9 Å². The van der Waals surface area contributed by atoms with Crippen LogP contribution in [0.15, 0.2) is 18.2 Å². The van der Waals surface area contributed by atoms with Gasteiger partial charge in [-0.05, 0) is 24.0 Å². The lowest BCUT2D eigenvalue weighted by Crippen LogP contribution is -2.37. The molecule has 0 aromatic heterocycles. The van der Waals surface area contributed by atoms with Crippen LogP contribution in [-0.2, 0) is 10.2 Å². The molecule has 2 N–H and O–H groups in total. The molecular weight excluding hydrogens is 200 g/mol. The van der Waals surface area contributed by atoms with E-state index < -0.39 is 0 Å². The van der Waals surface area contributed by atoms with Gasteiger partial charge in [0, 0.05) is 0 Å². The minimum Gasteiger partial charge on any atom is -0.372 e. The van der Waals surface area contributed by atoms with Crippen LogP contribution < -0.4 is 10.6 Å². The Kier molecular flexibility index (Phi) is 2.41. The zero-order valence-electron chi connectivity index (χ0n) is 10.2. The van der Waals surface area contributed by atoms with E-state index in [0.29, 0.717) is 0 Å². The van der Waals surface area contributed by atoms with Gasteiger partial charge in [0.1, 0.15) is 6.04 Å². The number of benzene rings is 1.